The van der Waals surface area contributed by atoms with E-state index in [4.69, 9.17) is 10.5 Å². The van der Waals surface area contributed by atoms with Crippen LogP contribution in [0, 0.1) is 0 Å². The van der Waals surface area contributed by atoms with Gasteiger partial charge >= 0.3 is 0 Å². The van der Waals surface area contributed by atoms with E-state index in [2.05, 4.69) is 62.1 Å². The third-order valence-corrected chi connectivity index (χ3v) is 9.77. The number of pyridine rings is 1. The van der Waals surface area contributed by atoms with Gasteiger partial charge in [-0.3, -0.25) is 4.98 Å². The molecule has 4 aromatic rings. The summed E-state index contributed by atoms with van der Waals surface area (Å²) in [5, 5.41) is 1.27. The highest BCUT2D eigenvalue weighted by Crippen LogP contribution is 2.38. The normalized spacial score (nSPS) is 14.8. The lowest BCUT2D eigenvalue weighted by Crippen LogP contribution is -2.38. The molecular formula is C38H49NSi. The highest BCUT2D eigenvalue weighted by atomic mass is 28.3. The van der Waals surface area contributed by atoms with Crippen molar-refractivity contribution in [2.24, 2.45) is 0 Å². The molecule has 2 heteroatoms. The van der Waals surface area contributed by atoms with Crippen LogP contribution in [0.4, 0.5) is 0 Å². The van der Waals surface area contributed by atoms with Gasteiger partial charge in [-0.15, -0.1) is 0 Å². The van der Waals surface area contributed by atoms with Gasteiger partial charge in [-0.05, 0) is 68.6 Å². The molecule has 1 aromatic heterocycles. The van der Waals surface area contributed by atoms with Crippen molar-refractivity contribution < 1.29 is 5.48 Å². The molecule has 1 nitrogen and oxygen atoms in total. The van der Waals surface area contributed by atoms with E-state index in [0.29, 0.717) is 0 Å². The van der Waals surface area contributed by atoms with Crippen molar-refractivity contribution in [1.29, 1.82) is 0 Å². The smallest absolute Gasteiger partial charge is 0.0776 e. The number of nitrogens with zero attached hydrogens (tertiary/aromatic N) is 1. The molecule has 0 saturated heterocycles. The summed E-state index contributed by atoms with van der Waals surface area (Å²) >= 11 is 0. The summed E-state index contributed by atoms with van der Waals surface area (Å²) in [6, 6.07) is 22.7. The maximum absolute atomic E-state index is 9.05. The van der Waals surface area contributed by atoms with Crippen LogP contribution in [0.5, 0.6) is 0 Å². The summed E-state index contributed by atoms with van der Waals surface area (Å²) in [6.07, 6.45) is 1.88. The largest absolute Gasteiger partial charge is 0.256 e. The van der Waals surface area contributed by atoms with Crippen LogP contribution in [-0.2, 0) is 0 Å². The second-order valence-electron chi connectivity index (χ2n) is 12.9. The van der Waals surface area contributed by atoms with Gasteiger partial charge in [0.15, 0.2) is 0 Å². The van der Waals surface area contributed by atoms with Crippen LogP contribution in [-0.4, -0.2) is 13.1 Å². The molecule has 0 aliphatic heterocycles. The molecule has 0 saturated carbocycles. The van der Waals surface area contributed by atoms with Gasteiger partial charge in [0.05, 0.1) is 13.8 Å². The Morgan fingerprint density at radius 2 is 0.975 bits per heavy atom. The minimum atomic E-state index is -1.69. The SMILES string of the molecule is [2H]C(C)(C)c1cccc(C([2H])(C)C)c1-c1ccc(-c2ccc(-c3c(C([2H])(C)C)cc([Si](C)(C)C)cc3C([2H])(C)C)cn2)cc1. The van der Waals surface area contributed by atoms with Crippen LogP contribution in [0.1, 0.15) is 107 Å². The number of hydrogen-bond acceptors (Lipinski definition) is 1. The maximum Gasteiger partial charge on any atom is 0.0776 e. The van der Waals surface area contributed by atoms with Gasteiger partial charge in [0.25, 0.3) is 0 Å². The van der Waals surface area contributed by atoms with E-state index < -0.39 is 31.6 Å². The first-order valence-corrected chi connectivity index (χ1v) is 17.9. The third kappa shape index (κ3) is 6.18. The third-order valence-electron chi connectivity index (χ3n) is 7.75. The van der Waals surface area contributed by atoms with Crippen LogP contribution in [0.2, 0.25) is 19.6 Å². The molecule has 0 N–H and O–H groups in total. The van der Waals surface area contributed by atoms with Crippen molar-refractivity contribution in [3.8, 4) is 33.5 Å². The molecule has 0 amide bonds. The molecule has 0 aliphatic rings. The zero-order valence-electron chi connectivity index (χ0n) is 30.4. The summed E-state index contributed by atoms with van der Waals surface area (Å²) in [4.78, 5) is 4.89. The van der Waals surface area contributed by atoms with Gasteiger partial charge in [-0.25, -0.2) is 0 Å². The topological polar surface area (TPSA) is 12.9 Å². The lowest BCUT2D eigenvalue weighted by atomic mass is 9.84. The maximum atomic E-state index is 9.05. The lowest BCUT2D eigenvalue weighted by molar-refractivity contribution is 0.838. The monoisotopic (exact) mass is 551 g/mol. The molecule has 1 heterocycles. The lowest BCUT2D eigenvalue weighted by Gasteiger charge is -2.26. The summed E-state index contributed by atoms with van der Waals surface area (Å²) in [6.45, 7) is 22.2. The van der Waals surface area contributed by atoms with Crippen molar-refractivity contribution in [3.05, 3.63) is 95.2 Å². The predicted molar refractivity (Wildman–Crippen MR) is 180 cm³/mol. The number of aromatic nitrogens is 1. The number of benzene rings is 3. The molecule has 40 heavy (non-hydrogen) atoms. The van der Waals surface area contributed by atoms with E-state index >= 15 is 0 Å². The minimum Gasteiger partial charge on any atom is -0.256 e. The van der Waals surface area contributed by atoms with E-state index in [-0.39, 0.29) is 0 Å². The Morgan fingerprint density at radius 3 is 1.38 bits per heavy atom. The summed E-state index contributed by atoms with van der Waals surface area (Å²) < 4.78 is 35.7. The van der Waals surface area contributed by atoms with Gasteiger partial charge in [0.1, 0.15) is 0 Å². The Bertz CT molecular complexity index is 1570. The average Bonchev–Trinajstić information content (AvgIpc) is 2.89. The Balaban J connectivity index is 1.81. The molecular weight excluding hydrogens is 499 g/mol. The molecule has 0 bridgehead atoms. The van der Waals surface area contributed by atoms with Crippen LogP contribution in [0.3, 0.4) is 0 Å². The second kappa shape index (κ2) is 11.9. The molecule has 0 radical (unpaired) electrons. The molecule has 0 spiro atoms. The quantitative estimate of drug-likeness (QED) is 0.198. The Kier molecular flexibility index (Phi) is 7.36. The highest BCUT2D eigenvalue weighted by molar-refractivity contribution is 6.88. The van der Waals surface area contributed by atoms with Crippen molar-refractivity contribution in [2.75, 3.05) is 0 Å². The van der Waals surface area contributed by atoms with Gasteiger partial charge in [-0.1, -0.05) is 141 Å². The van der Waals surface area contributed by atoms with Gasteiger partial charge in [0, 0.05) is 22.8 Å². The Hall–Kier alpha value is -2.97. The standard InChI is InChI=1S/C38H49NSi/c1-24(2)32-13-12-14-33(25(3)4)37(32)29-17-15-28(16-18-29)36-20-19-30(23-39-36)38-34(26(5)6)21-31(40(9,10)11)22-35(38)27(7)8/h12-27H,1-11H3/i24D,25D,26D,27D. The fraction of sp³-hybridized carbons (Fsp3) is 0.395. The van der Waals surface area contributed by atoms with Gasteiger partial charge in [-0.2, -0.15) is 0 Å². The van der Waals surface area contributed by atoms with Gasteiger partial charge in [0.2, 0.25) is 0 Å². The van der Waals surface area contributed by atoms with E-state index in [1.54, 1.807) is 0 Å². The van der Waals surface area contributed by atoms with E-state index in [0.717, 1.165) is 55.8 Å². The van der Waals surface area contributed by atoms with Crippen molar-refractivity contribution >= 4 is 13.3 Å². The summed E-state index contributed by atoms with van der Waals surface area (Å²) in [5.74, 6) is -3.29. The molecule has 0 aliphatic carbocycles. The molecule has 0 unspecified atom stereocenters. The van der Waals surface area contributed by atoms with Gasteiger partial charge < -0.3 is 0 Å². The van der Waals surface area contributed by atoms with Crippen molar-refractivity contribution in [3.63, 3.8) is 0 Å². The molecule has 210 valence electrons. The minimum absolute atomic E-state index is 0.807. The fourth-order valence-electron chi connectivity index (χ4n) is 5.39. The summed E-state index contributed by atoms with van der Waals surface area (Å²) in [5.41, 5.74) is 9.33. The van der Waals surface area contributed by atoms with Crippen LogP contribution in [0.15, 0.2) is 72.9 Å². The average molecular weight is 552 g/mol. The molecule has 0 fully saturated rings. The Morgan fingerprint density at radius 1 is 0.550 bits per heavy atom. The first kappa shape index (κ1) is 24.8. The van der Waals surface area contributed by atoms with Crippen LogP contribution in [0.25, 0.3) is 33.5 Å². The Labute approximate surface area is 250 Å². The molecule has 3 aromatic carbocycles. The van der Waals surface area contributed by atoms with E-state index in [1.165, 1.54) is 5.19 Å². The van der Waals surface area contributed by atoms with E-state index in [1.807, 2.05) is 85.9 Å². The van der Waals surface area contributed by atoms with E-state index in [9.17, 15) is 0 Å². The molecule has 0 atom stereocenters. The second-order valence-corrected chi connectivity index (χ2v) is 18.0. The van der Waals surface area contributed by atoms with Crippen LogP contribution >= 0.6 is 0 Å². The molecule has 4 rings (SSSR count). The zero-order valence-corrected chi connectivity index (χ0v) is 27.4. The summed E-state index contributed by atoms with van der Waals surface area (Å²) in [7, 11) is -1.69. The zero-order chi connectivity index (χ0) is 33.0. The first-order chi connectivity index (χ1) is 20.0. The van der Waals surface area contributed by atoms with Crippen molar-refractivity contribution in [1.82, 2.24) is 4.98 Å². The fourth-order valence-corrected chi connectivity index (χ4v) is 6.55. The predicted octanol–water partition coefficient (Wildman–Crippen LogP) is 11.1. The first-order valence-electron chi connectivity index (χ1n) is 16.4. The number of rotatable bonds is 8. The van der Waals surface area contributed by atoms with Crippen LogP contribution < -0.4 is 5.19 Å². The van der Waals surface area contributed by atoms with Crippen molar-refractivity contribution in [2.45, 2.75) is 98.6 Å². The number of hydrogen-bond donors (Lipinski definition) is 0. The highest BCUT2D eigenvalue weighted by Gasteiger charge is 2.24.